The Balaban J connectivity index is 0.000000255. The summed E-state index contributed by atoms with van der Waals surface area (Å²) in [6, 6.07) is 15.3. The number of hydrogen-bond acceptors (Lipinski definition) is 9. The predicted molar refractivity (Wildman–Crippen MR) is 166 cm³/mol. The minimum atomic E-state index is -0.646. The molecule has 3 aromatic heterocycles. The number of anilines is 1. The van der Waals surface area contributed by atoms with Crippen LogP contribution in [0.25, 0.3) is 16.6 Å². The Morgan fingerprint density at radius 1 is 1.12 bits per heavy atom. The second-order valence-electron chi connectivity index (χ2n) is 8.85. The Morgan fingerprint density at radius 3 is 2.47 bits per heavy atom. The number of primary amides is 1. The van der Waals surface area contributed by atoms with Gasteiger partial charge in [-0.2, -0.15) is 5.10 Å². The van der Waals surface area contributed by atoms with E-state index in [2.05, 4.69) is 38.5 Å². The number of nitrogen functional groups attached to an aromatic ring is 1. The van der Waals surface area contributed by atoms with Crippen molar-refractivity contribution in [2.45, 2.75) is 13.3 Å². The van der Waals surface area contributed by atoms with Crippen LogP contribution in [0, 0.1) is 11.8 Å². The van der Waals surface area contributed by atoms with E-state index in [0.717, 1.165) is 5.69 Å². The highest BCUT2D eigenvalue weighted by Crippen LogP contribution is 2.23. The van der Waals surface area contributed by atoms with Gasteiger partial charge >= 0.3 is 6.01 Å². The summed E-state index contributed by atoms with van der Waals surface area (Å²) >= 11 is 0. The molecule has 0 aliphatic heterocycles. The summed E-state index contributed by atoms with van der Waals surface area (Å²) in [7, 11) is 3.13. The van der Waals surface area contributed by atoms with Gasteiger partial charge in [0.05, 0.1) is 29.3 Å². The third kappa shape index (κ3) is 6.63. The largest absolute Gasteiger partial charge is 0.467 e. The van der Waals surface area contributed by atoms with E-state index < -0.39 is 5.91 Å². The van der Waals surface area contributed by atoms with E-state index >= 15 is 0 Å². The number of ether oxygens (including phenoxy) is 1. The highest BCUT2D eigenvalue weighted by atomic mass is 16.5. The molecule has 0 bridgehead atoms. The Kier molecular flexibility index (Phi) is 9.39. The first-order valence-corrected chi connectivity index (χ1v) is 13.0. The van der Waals surface area contributed by atoms with Crippen molar-refractivity contribution in [3.05, 3.63) is 106 Å². The summed E-state index contributed by atoms with van der Waals surface area (Å²) in [5.74, 6) is 6.56. The highest BCUT2D eigenvalue weighted by Gasteiger charge is 2.17. The number of nitrogens with zero attached hydrogens (tertiary/aromatic N) is 7. The van der Waals surface area contributed by atoms with Gasteiger partial charge < -0.3 is 16.2 Å². The monoisotopic (exact) mass is 575 g/mol. The highest BCUT2D eigenvalue weighted by molar-refractivity contribution is 6.02. The van der Waals surface area contributed by atoms with Crippen LogP contribution < -0.4 is 21.8 Å². The van der Waals surface area contributed by atoms with Crippen LogP contribution in [0.3, 0.4) is 0 Å². The summed E-state index contributed by atoms with van der Waals surface area (Å²) in [5.41, 5.74) is 13.3. The molecule has 0 aliphatic rings. The molecule has 2 aromatic carbocycles. The van der Waals surface area contributed by atoms with Gasteiger partial charge in [-0.3, -0.25) is 14.2 Å². The molecule has 0 aliphatic carbocycles. The number of nitrogens with two attached hydrogens (primary N) is 2. The van der Waals surface area contributed by atoms with E-state index in [0.29, 0.717) is 40.1 Å². The third-order valence-electron chi connectivity index (χ3n) is 6.04. The Labute approximate surface area is 247 Å². The van der Waals surface area contributed by atoms with Gasteiger partial charge in [-0.25, -0.2) is 24.6 Å². The van der Waals surface area contributed by atoms with E-state index in [4.69, 9.17) is 21.2 Å². The topological polar surface area (TPSA) is 169 Å². The molecular formula is C31H29N9O3. The second kappa shape index (κ2) is 13.5. The van der Waals surface area contributed by atoms with E-state index in [-0.39, 0.29) is 23.0 Å². The molecule has 0 saturated heterocycles. The second-order valence-corrected chi connectivity index (χ2v) is 8.85. The van der Waals surface area contributed by atoms with Crippen LogP contribution in [-0.4, -0.2) is 48.5 Å². The molecule has 12 heteroatoms. The fourth-order valence-electron chi connectivity index (χ4n) is 4.13. The number of carbonyl (C=O) groups excluding carboxylic acids is 1. The van der Waals surface area contributed by atoms with Crippen molar-refractivity contribution in [2.75, 3.05) is 12.8 Å². The number of hydrogen-bond donors (Lipinski definition) is 2. The zero-order valence-corrected chi connectivity index (χ0v) is 23.9. The number of methoxy groups -OCH3 is 1. The van der Waals surface area contributed by atoms with Crippen molar-refractivity contribution >= 4 is 34.7 Å². The van der Waals surface area contributed by atoms with Crippen LogP contribution in [-0.2, 0) is 13.5 Å². The fourth-order valence-corrected chi connectivity index (χ4v) is 4.13. The van der Waals surface area contributed by atoms with Crippen LogP contribution in [0.15, 0.2) is 83.4 Å². The molecule has 216 valence electrons. The molecule has 0 atom stereocenters. The molecule has 0 unspecified atom stereocenters. The molecule has 3 heterocycles. The molecular weight excluding hydrogens is 546 g/mol. The number of rotatable bonds is 6. The number of para-hydroxylation sites is 1. The van der Waals surface area contributed by atoms with Gasteiger partial charge in [-0.15, -0.1) is 0 Å². The summed E-state index contributed by atoms with van der Waals surface area (Å²) in [6.45, 7) is 5.45. The molecule has 5 rings (SSSR count). The molecule has 43 heavy (non-hydrogen) atoms. The Hall–Kier alpha value is -6.09. The molecule has 0 radical (unpaired) electrons. The minimum absolute atomic E-state index is 0.0798. The van der Waals surface area contributed by atoms with Gasteiger partial charge in [-0.05, 0) is 24.3 Å². The van der Waals surface area contributed by atoms with Gasteiger partial charge in [0.2, 0.25) is 0 Å². The van der Waals surface area contributed by atoms with Crippen molar-refractivity contribution in [3.63, 3.8) is 0 Å². The first-order valence-electron chi connectivity index (χ1n) is 13.0. The lowest BCUT2D eigenvalue weighted by molar-refractivity contribution is 0.100. The number of benzene rings is 2. The van der Waals surface area contributed by atoms with Crippen molar-refractivity contribution in [2.24, 2.45) is 17.8 Å². The van der Waals surface area contributed by atoms with Crippen LogP contribution in [0.4, 0.5) is 11.6 Å². The van der Waals surface area contributed by atoms with Crippen LogP contribution in [0.1, 0.15) is 34.2 Å². The maximum Gasteiger partial charge on any atom is 0.316 e. The first-order chi connectivity index (χ1) is 20.8. The minimum Gasteiger partial charge on any atom is -0.467 e. The number of allylic oxidation sites excluding steroid dienone is 1. The van der Waals surface area contributed by atoms with Crippen molar-refractivity contribution < 1.29 is 9.53 Å². The van der Waals surface area contributed by atoms with Gasteiger partial charge in [0.25, 0.3) is 11.5 Å². The fraction of sp³-hybridized carbons (Fsp3) is 0.129. The van der Waals surface area contributed by atoms with Gasteiger partial charge in [0.15, 0.2) is 11.6 Å². The number of aliphatic imine (C=N–C) groups is 1. The predicted octanol–water partition coefficient (Wildman–Crippen LogP) is 3.14. The molecule has 5 aromatic rings. The zero-order chi connectivity index (χ0) is 30.9. The normalized spacial score (nSPS) is 10.5. The maximum absolute atomic E-state index is 13.4. The van der Waals surface area contributed by atoms with Gasteiger partial charge in [0.1, 0.15) is 11.4 Å². The lowest BCUT2D eigenvalue weighted by atomic mass is 10.1. The van der Waals surface area contributed by atoms with E-state index in [1.807, 2.05) is 55.5 Å². The quantitative estimate of drug-likeness (QED) is 0.230. The number of fused-ring (bicyclic) bond motifs is 1. The van der Waals surface area contributed by atoms with E-state index in [9.17, 15) is 9.59 Å². The lowest BCUT2D eigenvalue weighted by Gasteiger charge is -2.13. The number of amides is 1. The van der Waals surface area contributed by atoms with Crippen LogP contribution in [0.5, 0.6) is 6.01 Å². The number of aryl methyl sites for hydroxylation is 2. The maximum atomic E-state index is 13.4. The molecule has 0 saturated carbocycles. The zero-order valence-electron chi connectivity index (χ0n) is 23.9. The van der Waals surface area contributed by atoms with Crippen molar-refractivity contribution in [3.8, 4) is 23.5 Å². The van der Waals surface area contributed by atoms with Crippen LogP contribution in [0.2, 0.25) is 0 Å². The average molecular weight is 576 g/mol. The first kappa shape index (κ1) is 29.9. The van der Waals surface area contributed by atoms with E-state index in [1.54, 1.807) is 24.0 Å². The molecule has 0 fully saturated rings. The number of aromatic nitrogens is 6. The standard InChI is InChI=1S/C23H18N4O2.C8H11N5O/c1-3-20-26-19-11-7-8-17(13-12-16-14-24-23(29-2)25-15-16)21(19)22(28)27(20)18-9-5-4-6-10-18;1-3-4-11-8-5(7(10)14)6(9)12-13(8)2/h4-11,14-15H,3H2,1-2H3;3-4H,1H2,2H3,(H2,9,12)(H2,10,14)/b;11-4-. The summed E-state index contributed by atoms with van der Waals surface area (Å²) in [4.78, 5) is 41.2. The molecule has 0 spiro atoms. The lowest BCUT2D eigenvalue weighted by Crippen LogP contribution is -2.24. The van der Waals surface area contributed by atoms with Crippen molar-refractivity contribution in [1.82, 2.24) is 29.3 Å². The Bertz CT molecular complexity index is 1930. The number of carbonyl (C=O) groups is 1. The summed E-state index contributed by atoms with van der Waals surface area (Å²) in [6.07, 6.45) is 6.72. The summed E-state index contributed by atoms with van der Waals surface area (Å²) < 4.78 is 8.00. The third-order valence-corrected chi connectivity index (χ3v) is 6.04. The molecule has 4 N–H and O–H groups in total. The molecule has 1 amide bonds. The van der Waals surface area contributed by atoms with Gasteiger partial charge in [0, 0.05) is 37.6 Å². The van der Waals surface area contributed by atoms with Gasteiger partial charge in [-0.1, -0.05) is 55.7 Å². The van der Waals surface area contributed by atoms with E-state index in [1.165, 1.54) is 24.1 Å². The SMILES string of the molecule is C=C/C=N\c1c(C(N)=O)c(N)nn1C.CCc1nc2cccc(C#Cc3cnc(OC)nc3)c2c(=O)n1-c1ccccc1. The molecule has 12 nitrogen and oxygen atoms in total. The smallest absolute Gasteiger partial charge is 0.316 e. The average Bonchev–Trinajstić information content (AvgIpc) is 3.31. The van der Waals surface area contributed by atoms with Crippen molar-refractivity contribution in [1.29, 1.82) is 0 Å². The Morgan fingerprint density at radius 2 is 1.84 bits per heavy atom. The summed E-state index contributed by atoms with van der Waals surface area (Å²) in [5, 5.41) is 4.33. The van der Waals surface area contributed by atoms with Crippen LogP contribution >= 0.6 is 0 Å².